The lowest BCUT2D eigenvalue weighted by Crippen LogP contribution is -2.41. The Morgan fingerprint density at radius 1 is 1.47 bits per heavy atom. The molecule has 3 rings (SSSR count). The fraction of sp³-hybridized carbons (Fsp3) is 0.667. The van der Waals surface area contributed by atoms with Crippen molar-refractivity contribution in [1.29, 1.82) is 0 Å². The van der Waals surface area contributed by atoms with E-state index < -0.39 is 0 Å². The molecule has 2 saturated carbocycles. The highest BCUT2D eigenvalue weighted by Crippen LogP contribution is 2.55. The monoisotopic (exact) mass is 232 g/mol. The van der Waals surface area contributed by atoms with Gasteiger partial charge in [-0.15, -0.1) is 0 Å². The molecule has 2 unspecified atom stereocenters. The Labute approximate surface area is 103 Å². The first-order valence-corrected chi connectivity index (χ1v) is 6.59. The number of hydrogen-bond donors (Lipinski definition) is 0. The van der Waals surface area contributed by atoms with E-state index in [2.05, 4.69) is 13.5 Å². The van der Waals surface area contributed by atoms with Gasteiger partial charge in [-0.05, 0) is 55.9 Å². The van der Waals surface area contributed by atoms with Crippen LogP contribution in [0.1, 0.15) is 46.0 Å². The van der Waals surface area contributed by atoms with Gasteiger partial charge in [0, 0.05) is 5.57 Å². The lowest BCUT2D eigenvalue weighted by atomic mass is 9.57. The topological polar surface area (TPSA) is 26.3 Å². The van der Waals surface area contributed by atoms with Gasteiger partial charge >= 0.3 is 5.97 Å². The third kappa shape index (κ3) is 1.50. The summed E-state index contributed by atoms with van der Waals surface area (Å²) in [7, 11) is 0. The molecule has 0 spiro atoms. The van der Waals surface area contributed by atoms with Crippen molar-refractivity contribution in [3.8, 4) is 0 Å². The zero-order valence-electron chi connectivity index (χ0n) is 10.7. The van der Waals surface area contributed by atoms with Crippen molar-refractivity contribution in [2.24, 2.45) is 11.3 Å². The Kier molecular flexibility index (Phi) is 2.26. The molecule has 17 heavy (non-hydrogen) atoms. The predicted molar refractivity (Wildman–Crippen MR) is 66.4 cm³/mol. The number of hydrogen-bond acceptors (Lipinski definition) is 2. The van der Waals surface area contributed by atoms with Gasteiger partial charge in [0.05, 0.1) is 0 Å². The maximum absolute atomic E-state index is 11.6. The van der Waals surface area contributed by atoms with Gasteiger partial charge < -0.3 is 4.74 Å². The summed E-state index contributed by atoms with van der Waals surface area (Å²) in [5, 5.41) is 0. The van der Waals surface area contributed by atoms with Crippen LogP contribution in [0.3, 0.4) is 0 Å². The van der Waals surface area contributed by atoms with Gasteiger partial charge in [0.1, 0.15) is 6.10 Å². The van der Waals surface area contributed by atoms with Crippen molar-refractivity contribution in [3.63, 3.8) is 0 Å². The van der Waals surface area contributed by atoms with Gasteiger partial charge in [-0.2, -0.15) is 0 Å². The van der Waals surface area contributed by atoms with E-state index in [9.17, 15) is 4.79 Å². The second-order valence-corrected chi connectivity index (χ2v) is 6.17. The third-order valence-electron chi connectivity index (χ3n) is 5.08. The number of ether oxygens (including phenoxy) is 1. The lowest BCUT2D eigenvalue weighted by molar-refractivity contribution is -0.141. The van der Waals surface area contributed by atoms with E-state index in [1.165, 1.54) is 24.0 Å². The molecule has 0 radical (unpaired) electrons. The maximum Gasteiger partial charge on any atom is 0.334 e. The molecule has 2 fully saturated rings. The minimum absolute atomic E-state index is 0.0645. The standard InChI is InChI=1S/C15H20O2/c1-9-5-4-6-15(3)8-13-11(7-12(9)15)10(2)14(16)17-13/h12-13H,1,4-8H2,2-3H3/t12-,13?,15?/m0/s1. The minimum Gasteiger partial charge on any atom is -0.454 e. The largest absolute Gasteiger partial charge is 0.454 e. The van der Waals surface area contributed by atoms with Gasteiger partial charge in [0.15, 0.2) is 0 Å². The van der Waals surface area contributed by atoms with Crippen molar-refractivity contribution >= 4 is 5.97 Å². The number of esters is 1. The van der Waals surface area contributed by atoms with Gasteiger partial charge in [-0.3, -0.25) is 0 Å². The second-order valence-electron chi connectivity index (χ2n) is 6.17. The van der Waals surface area contributed by atoms with E-state index >= 15 is 0 Å². The molecular weight excluding hydrogens is 212 g/mol. The molecule has 0 amide bonds. The number of rotatable bonds is 0. The number of carbonyl (C=O) groups excluding carboxylic acids is 1. The van der Waals surface area contributed by atoms with Gasteiger partial charge in [0.2, 0.25) is 0 Å². The average molecular weight is 232 g/mol. The fourth-order valence-electron chi connectivity index (χ4n) is 3.95. The molecule has 0 saturated heterocycles. The lowest BCUT2D eigenvalue weighted by Gasteiger charge is -2.48. The van der Waals surface area contributed by atoms with Crippen LogP contribution in [0.4, 0.5) is 0 Å². The molecule has 92 valence electrons. The van der Waals surface area contributed by atoms with Crippen LogP contribution in [-0.2, 0) is 9.53 Å². The molecule has 3 atom stereocenters. The van der Waals surface area contributed by atoms with Crippen molar-refractivity contribution in [3.05, 3.63) is 23.3 Å². The smallest absolute Gasteiger partial charge is 0.334 e. The van der Waals surface area contributed by atoms with Crippen molar-refractivity contribution in [2.75, 3.05) is 0 Å². The summed E-state index contributed by atoms with van der Waals surface area (Å²) in [4.78, 5) is 11.6. The SMILES string of the molecule is C=C1CCCC2(C)CC3OC(=O)C(C)=C3C[C@@H]12. The van der Waals surface area contributed by atoms with E-state index in [4.69, 9.17) is 4.74 Å². The van der Waals surface area contributed by atoms with Gasteiger partial charge in [-0.25, -0.2) is 4.79 Å². The molecule has 2 heteroatoms. The van der Waals surface area contributed by atoms with Crippen molar-refractivity contribution in [2.45, 2.75) is 52.1 Å². The molecular formula is C15H20O2. The first kappa shape index (κ1) is 11.1. The van der Waals surface area contributed by atoms with E-state index in [0.29, 0.717) is 11.3 Å². The summed E-state index contributed by atoms with van der Waals surface area (Å²) in [6.45, 7) is 8.51. The van der Waals surface area contributed by atoms with Crippen LogP contribution in [0.2, 0.25) is 0 Å². The predicted octanol–water partition coefficient (Wildman–Crippen LogP) is 3.38. The minimum atomic E-state index is -0.0992. The maximum atomic E-state index is 11.6. The summed E-state index contributed by atoms with van der Waals surface area (Å²) < 4.78 is 5.48. The zero-order valence-corrected chi connectivity index (χ0v) is 10.7. The first-order chi connectivity index (χ1) is 8.01. The molecule has 0 aromatic rings. The summed E-state index contributed by atoms with van der Waals surface area (Å²) in [5.74, 6) is 0.463. The molecule has 3 aliphatic rings. The van der Waals surface area contributed by atoms with Crippen molar-refractivity contribution < 1.29 is 9.53 Å². The zero-order chi connectivity index (χ0) is 12.2. The molecule has 0 aromatic heterocycles. The number of fused-ring (bicyclic) bond motifs is 2. The third-order valence-corrected chi connectivity index (χ3v) is 5.08. The molecule has 0 bridgehead atoms. The van der Waals surface area contributed by atoms with Gasteiger partial charge in [-0.1, -0.05) is 19.1 Å². The summed E-state index contributed by atoms with van der Waals surface area (Å²) in [5.41, 5.74) is 3.79. The molecule has 0 aromatic carbocycles. The number of carbonyl (C=O) groups is 1. The Morgan fingerprint density at radius 2 is 2.24 bits per heavy atom. The number of allylic oxidation sites excluding steroid dienone is 1. The quantitative estimate of drug-likeness (QED) is 0.472. The Morgan fingerprint density at radius 3 is 3.00 bits per heavy atom. The van der Waals surface area contributed by atoms with E-state index in [1.807, 2.05) is 6.92 Å². The van der Waals surface area contributed by atoms with E-state index in [-0.39, 0.29) is 12.1 Å². The molecule has 1 aliphatic heterocycles. The molecule has 0 N–H and O–H groups in total. The van der Waals surface area contributed by atoms with Crippen LogP contribution in [-0.4, -0.2) is 12.1 Å². The van der Waals surface area contributed by atoms with Crippen LogP contribution in [0.5, 0.6) is 0 Å². The highest BCUT2D eigenvalue weighted by molar-refractivity contribution is 5.91. The summed E-state index contributed by atoms with van der Waals surface area (Å²) >= 11 is 0. The fourth-order valence-corrected chi connectivity index (χ4v) is 3.95. The Hall–Kier alpha value is -1.05. The Balaban J connectivity index is 1.97. The Bertz CT molecular complexity index is 432. The van der Waals surface area contributed by atoms with Crippen molar-refractivity contribution in [1.82, 2.24) is 0 Å². The van der Waals surface area contributed by atoms with Crippen LogP contribution in [0, 0.1) is 11.3 Å². The van der Waals surface area contributed by atoms with E-state index in [0.717, 1.165) is 24.8 Å². The summed E-state index contributed by atoms with van der Waals surface area (Å²) in [6.07, 6.45) is 5.70. The van der Waals surface area contributed by atoms with Gasteiger partial charge in [0.25, 0.3) is 0 Å². The normalized spacial score (nSPS) is 41.1. The average Bonchev–Trinajstić information content (AvgIpc) is 2.52. The second kappa shape index (κ2) is 3.47. The van der Waals surface area contributed by atoms with Crippen LogP contribution < -0.4 is 0 Å². The van der Waals surface area contributed by atoms with E-state index in [1.54, 1.807) is 0 Å². The highest BCUT2D eigenvalue weighted by atomic mass is 16.5. The highest BCUT2D eigenvalue weighted by Gasteiger charge is 2.49. The molecule has 1 heterocycles. The van der Waals surface area contributed by atoms with Crippen LogP contribution in [0.25, 0.3) is 0 Å². The first-order valence-electron chi connectivity index (χ1n) is 6.59. The van der Waals surface area contributed by atoms with Crippen LogP contribution in [0.15, 0.2) is 23.3 Å². The summed E-state index contributed by atoms with van der Waals surface area (Å²) in [6, 6.07) is 0. The molecule has 2 nitrogen and oxygen atoms in total. The van der Waals surface area contributed by atoms with Crippen LogP contribution >= 0.6 is 0 Å². The molecule has 2 aliphatic carbocycles.